The summed E-state index contributed by atoms with van der Waals surface area (Å²) in [5.74, 6) is 0.438. The molecule has 0 aromatic heterocycles. The van der Waals surface area contributed by atoms with Crippen molar-refractivity contribution in [3.8, 4) is 11.8 Å². The lowest BCUT2D eigenvalue weighted by Gasteiger charge is -2.18. The van der Waals surface area contributed by atoms with Crippen LogP contribution < -0.4 is 10.1 Å². The van der Waals surface area contributed by atoms with Gasteiger partial charge in [0.15, 0.2) is 6.10 Å². The van der Waals surface area contributed by atoms with Crippen molar-refractivity contribution in [1.82, 2.24) is 5.32 Å². The maximum atomic E-state index is 12.2. The van der Waals surface area contributed by atoms with Crippen LogP contribution in [0.2, 0.25) is 0 Å². The van der Waals surface area contributed by atoms with E-state index in [1.54, 1.807) is 31.2 Å². The Hall–Kier alpha value is -2.80. The first-order valence-corrected chi connectivity index (χ1v) is 8.09. The predicted octanol–water partition coefficient (Wildman–Crippen LogP) is 3.46. The van der Waals surface area contributed by atoms with E-state index in [1.807, 2.05) is 31.2 Å². The molecule has 4 nitrogen and oxygen atoms in total. The molecule has 0 radical (unpaired) electrons. The van der Waals surface area contributed by atoms with E-state index in [2.05, 4.69) is 17.4 Å². The number of carbonyl (C=O) groups is 1. The Morgan fingerprint density at radius 2 is 1.79 bits per heavy atom. The first-order chi connectivity index (χ1) is 11.6. The maximum Gasteiger partial charge on any atom is 0.260 e. The monoisotopic (exact) mass is 322 g/mol. The van der Waals surface area contributed by atoms with Crippen molar-refractivity contribution in [2.45, 2.75) is 38.8 Å². The highest BCUT2D eigenvalue weighted by Gasteiger charge is 2.16. The molecule has 0 bridgehead atoms. The molecule has 0 aliphatic carbocycles. The number of hydrogen-bond donors (Lipinski definition) is 1. The van der Waals surface area contributed by atoms with Gasteiger partial charge >= 0.3 is 0 Å². The lowest BCUT2D eigenvalue weighted by Crippen LogP contribution is -2.41. The number of rotatable bonds is 7. The molecule has 1 N–H and O–H groups in total. The van der Waals surface area contributed by atoms with Gasteiger partial charge < -0.3 is 10.1 Å². The predicted molar refractivity (Wildman–Crippen MR) is 93.6 cm³/mol. The standard InChI is InChI=1S/C20H22N2O2/c1-15(8-9-17-6-4-3-5-7-17)22-20(23)16(2)24-19-12-10-18(14-21)11-13-19/h3-7,10-13,15-16H,8-9H2,1-2H3,(H,22,23)/t15-,16+/m1/s1. The second kappa shape index (κ2) is 8.73. The summed E-state index contributed by atoms with van der Waals surface area (Å²) in [5, 5.41) is 11.8. The third kappa shape index (κ3) is 5.44. The number of nitrogens with one attached hydrogen (secondary N) is 1. The molecule has 0 saturated heterocycles. The molecule has 124 valence electrons. The summed E-state index contributed by atoms with van der Waals surface area (Å²) >= 11 is 0. The molecule has 0 spiro atoms. The van der Waals surface area contributed by atoms with Gasteiger partial charge in [-0.2, -0.15) is 5.26 Å². The van der Waals surface area contributed by atoms with Crippen molar-refractivity contribution in [2.75, 3.05) is 0 Å². The van der Waals surface area contributed by atoms with Crippen LogP contribution >= 0.6 is 0 Å². The molecule has 0 aliphatic heterocycles. The Balaban J connectivity index is 1.78. The van der Waals surface area contributed by atoms with Gasteiger partial charge in [-0.05, 0) is 56.5 Å². The average molecular weight is 322 g/mol. The van der Waals surface area contributed by atoms with E-state index in [0.29, 0.717) is 11.3 Å². The molecule has 0 unspecified atom stereocenters. The minimum atomic E-state index is -0.586. The second-order valence-corrected chi connectivity index (χ2v) is 5.83. The lowest BCUT2D eigenvalue weighted by atomic mass is 10.1. The number of nitrogens with zero attached hydrogens (tertiary/aromatic N) is 1. The SMILES string of the molecule is C[C@H](CCc1ccccc1)NC(=O)[C@H](C)Oc1ccc(C#N)cc1. The second-order valence-electron chi connectivity index (χ2n) is 5.83. The van der Waals surface area contributed by atoms with Gasteiger partial charge in [0, 0.05) is 6.04 Å². The number of amides is 1. The van der Waals surface area contributed by atoms with Gasteiger partial charge in [0.2, 0.25) is 0 Å². The number of carbonyl (C=O) groups excluding carboxylic acids is 1. The van der Waals surface area contributed by atoms with Crippen LogP contribution in [0.3, 0.4) is 0 Å². The summed E-state index contributed by atoms with van der Waals surface area (Å²) in [7, 11) is 0. The minimum Gasteiger partial charge on any atom is -0.481 e. The van der Waals surface area contributed by atoms with Gasteiger partial charge in [0.05, 0.1) is 11.6 Å². The third-order valence-electron chi connectivity index (χ3n) is 3.76. The van der Waals surface area contributed by atoms with E-state index in [0.717, 1.165) is 12.8 Å². The first kappa shape index (κ1) is 17.6. The van der Waals surface area contributed by atoms with E-state index < -0.39 is 6.10 Å². The van der Waals surface area contributed by atoms with Crippen molar-refractivity contribution in [2.24, 2.45) is 0 Å². The molecular weight excluding hydrogens is 300 g/mol. The van der Waals surface area contributed by atoms with E-state index >= 15 is 0 Å². The summed E-state index contributed by atoms with van der Waals surface area (Å²) in [6, 6.07) is 19.1. The minimum absolute atomic E-state index is 0.0738. The zero-order valence-corrected chi connectivity index (χ0v) is 14.0. The summed E-state index contributed by atoms with van der Waals surface area (Å²) in [5.41, 5.74) is 1.83. The fourth-order valence-corrected chi connectivity index (χ4v) is 2.33. The molecular formula is C20H22N2O2. The highest BCUT2D eigenvalue weighted by molar-refractivity contribution is 5.80. The van der Waals surface area contributed by atoms with Crippen molar-refractivity contribution in [3.63, 3.8) is 0 Å². The third-order valence-corrected chi connectivity index (χ3v) is 3.76. The molecule has 2 aromatic carbocycles. The summed E-state index contributed by atoms with van der Waals surface area (Å²) < 4.78 is 5.62. The number of aryl methyl sites for hydroxylation is 1. The molecule has 1 amide bonds. The zero-order valence-electron chi connectivity index (χ0n) is 14.0. The van der Waals surface area contributed by atoms with Gasteiger partial charge in [-0.15, -0.1) is 0 Å². The molecule has 0 aliphatic rings. The fourth-order valence-electron chi connectivity index (χ4n) is 2.33. The van der Waals surface area contributed by atoms with E-state index in [9.17, 15) is 4.79 Å². The fraction of sp³-hybridized carbons (Fsp3) is 0.300. The van der Waals surface area contributed by atoms with Gasteiger partial charge in [0.1, 0.15) is 5.75 Å². The van der Waals surface area contributed by atoms with Crippen LogP contribution in [0.4, 0.5) is 0 Å². The van der Waals surface area contributed by atoms with Gasteiger partial charge in [-0.1, -0.05) is 30.3 Å². The quantitative estimate of drug-likeness (QED) is 0.849. The Labute approximate surface area is 143 Å². The molecule has 4 heteroatoms. The van der Waals surface area contributed by atoms with Crippen LogP contribution in [0.15, 0.2) is 54.6 Å². The smallest absolute Gasteiger partial charge is 0.260 e. The number of hydrogen-bond acceptors (Lipinski definition) is 3. The maximum absolute atomic E-state index is 12.2. The normalized spacial score (nSPS) is 12.7. The van der Waals surface area contributed by atoms with Crippen LogP contribution in [-0.4, -0.2) is 18.1 Å². The molecule has 0 heterocycles. The van der Waals surface area contributed by atoms with Crippen LogP contribution in [0.1, 0.15) is 31.4 Å². The highest BCUT2D eigenvalue weighted by atomic mass is 16.5. The van der Waals surface area contributed by atoms with Crippen LogP contribution in [-0.2, 0) is 11.2 Å². The molecule has 0 fully saturated rings. The van der Waals surface area contributed by atoms with E-state index in [-0.39, 0.29) is 11.9 Å². The number of ether oxygens (including phenoxy) is 1. The van der Waals surface area contributed by atoms with Gasteiger partial charge in [0.25, 0.3) is 5.91 Å². The van der Waals surface area contributed by atoms with E-state index in [1.165, 1.54) is 5.56 Å². The number of nitriles is 1. The molecule has 2 aromatic rings. The Morgan fingerprint density at radius 3 is 2.42 bits per heavy atom. The molecule has 2 rings (SSSR count). The Bertz CT molecular complexity index is 690. The van der Waals surface area contributed by atoms with Gasteiger partial charge in [-0.3, -0.25) is 4.79 Å². The van der Waals surface area contributed by atoms with Crippen molar-refractivity contribution >= 4 is 5.91 Å². The molecule has 24 heavy (non-hydrogen) atoms. The summed E-state index contributed by atoms with van der Waals surface area (Å²) in [4.78, 5) is 12.2. The summed E-state index contributed by atoms with van der Waals surface area (Å²) in [6.07, 6.45) is 1.21. The van der Waals surface area contributed by atoms with Crippen LogP contribution in [0.5, 0.6) is 5.75 Å². The topological polar surface area (TPSA) is 62.1 Å². The molecule has 0 saturated carbocycles. The first-order valence-electron chi connectivity index (χ1n) is 8.09. The highest BCUT2D eigenvalue weighted by Crippen LogP contribution is 2.13. The lowest BCUT2D eigenvalue weighted by molar-refractivity contribution is -0.127. The molecule has 2 atom stereocenters. The average Bonchev–Trinajstić information content (AvgIpc) is 2.61. The van der Waals surface area contributed by atoms with Crippen LogP contribution in [0, 0.1) is 11.3 Å². The number of benzene rings is 2. The Kier molecular flexibility index (Phi) is 6.39. The van der Waals surface area contributed by atoms with Crippen molar-refractivity contribution < 1.29 is 9.53 Å². The summed E-state index contributed by atoms with van der Waals surface area (Å²) in [6.45, 7) is 3.72. The van der Waals surface area contributed by atoms with Crippen molar-refractivity contribution in [1.29, 1.82) is 5.26 Å². The van der Waals surface area contributed by atoms with E-state index in [4.69, 9.17) is 10.00 Å². The Morgan fingerprint density at radius 1 is 1.12 bits per heavy atom. The zero-order chi connectivity index (χ0) is 17.4. The van der Waals surface area contributed by atoms with Crippen LogP contribution in [0.25, 0.3) is 0 Å². The van der Waals surface area contributed by atoms with Crippen molar-refractivity contribution in [3.05, 3.63) is 65.7 Å². The van der Waals surface area contributed by atoms with Gasteiger partial charge in [-0.25, -0.2) is 0 Å². The largest absolute Gasteiger partial charge is 0.481 e.